The molecular formula is C14H14N4O4. The number of rotatable bonds is 6. The largest absolute Gasteiger partial charge is 0.497 e. The molecular weight excluding hydrogens is 288 g/mol. The van der Waals surface area contributed by atoms with Crippen molar-refractivity contribution in [1.82, 2.24) is 10.4 Å². The van der Waals surface area contributed by atoms with E-state index in [9.17, 15) is 14.9 Å². The molecule has 1 heterocycles. The number of anilines is 1. The Morgan fingerprint density at radius 1 is 1.27 bits per heavy atom. The van der Waals surface area contributed by atoms with Crippen molar-refractivity contribution in [1.29, 1.82) is 0 Å². The SMILES string of the molecule is COc1ccc(CC(=O)NNc2ccc([N+](=O)[O-])cn2)cc1. The normalized spacial score (nSPS) is 9.86. The Morgan fingerprint density at radius 3 is 2.55 bits per heavy atom. The smallest absolute Gasteiger partial charge is 0.287 e. The zero-order valence-electron chi connectivity index (χ0n) is 11.8. The summed E-state index contributed by atoms with van der Waals surface area (Å²) in [4.78, 5) is 25.5. The number of pyridine rings is 1. The Labute approximate surface area is 126 Å². The van der Waals surface area contributed by atoms with Crippen LogP contribution >= 0.6 is 0 Å². The van der Waals surface area contributed by atoms with Gasteiger partial charge in [0.1, 0.15) is 17.8 Å². The van der Waals surface area contributed by atoms with E-state index in [-0.39, 0.29) is 18.0 Å². The molecule has 1 amide bonds. The predicted octanol–water partition coefficient (Wildman–Crippen LogP) is 1.68. The molecule has 2 rings (SSSR count). The molecule has 8 heteroatoms. The predicted molar refractivity (Wildman–Crippen MR) is 79.4 cm³/mol. The summed E-state index contributed by atoms with van der Waals surface area (Å²) in [6.07, 6.45) is 1.29. The highest BCUT2D eigenvalue weighted by Crippen LogP contribution is 2.12. The molecule has 2 N–H and O–H groups in total. The summed E-state index contributed by atoms with van der Waals surface area (Å²) in [5.41, 5.74) is 5.78. The van der Waals surface area contributed by atoms with E-state index in [0.29, 0.717) is 5.82 Å². The third-order valence-corrected chi connectivity index (χ3v) is 2.81. The van der Waals surface area contributed by atoms with Gasteiger partial charge >= 0.3 is 0 Å². The van der Waals surface area contributed by atoms with Gasteiger partial charge in [-0.05, 0) is 23.8 Å². The van der Waals surface area contributed by atoms with Crippen LogP contribution in [0.15, 0.2) is 42.6 Å². The van der Waals surface area contributed by atoms with E-state index in [0.717, 1.165) is 17.5 Å². The summed E-state index contributed by atoms with van der Waals surface area (Å²) in [7, 11) is 1.57. The monoisotopic (exact) mass is 302 g/mol. The fourth-order valence-electron chi connectivity index (χ4n) is 1.67. The molecule has 0 radical (unpaired) electrons. The number of hydrogen-bond acceptors (Lipinski definition) is 6. The van der Waals surface area contributed by atoms with Crippen LogP contribution < -0.4 is 15.6 Å². The van der Waals surface area contributed by atoms with Crippen molar-refractivity contribution in [2.75, 3.05) is 12.5 Å². The fourth-order valence-corrected chi connectivity index (χ4v) is 1.67. The highest BCUT2D eigenvalue weighted by Gasteiger charge is 2.06. The van der Waals surface area contributed by atoms with Gasteiger partial charge in [-0.3, -0.25) is 25.8 Å². The number of nitrogens with zero attached hydrogens (tertiary/aromatic N) is 2. The molecule has 0 aliphatic rings. The fraction of sp³-hybridized carbons (Fsp3) is 0.143. The van der Waals surface area contributed by atoms with Crippen LogP contribution in [0.5, 0.6) is 5.75 Å². The number of ether oxygens (including phenoxy) is 1. The molecule has 0 aliphatic carbocycles. The van der Waals surface area contributed by atoms with Gasteiger partial charge in [0, 0.05) is 6.07 Å². The highest BCUT2D eigenvalue weighted by molar-refractivity contribution is 5.79. The maximum absolute atomic E-state index is 11.8. The van der Waals surface area contributed by atoms with Gasteiger partial charge < -0.3 is 4.74 Å². The zero-order valence-corrected chi connectivity index (χ0v) is 11.8. The summed E-state index contributed by atoms with van der Waals surface area (Å²) < 4.78 is 5.04. The highest BCUT2D eigenvalue weighted by atomic mass is 16.6. The van der Waals surface area contributed by atoms with Crippen LogP contribution in [0.4, 0.5) is 11.5 Å². The molecule has 1 aromatic heterocycles. The molecule has 0 saturated heterocycles. The van der Waals surface area contributed by atoms with E-state index in [1.165, 1.54) is 12.1 Å². The molecule has 0 saturated carbocycles. The summed E-state index contributed by atoms with van der Waals surface area (Å²) in [6.45, 7) is 0. The van der Waals surface area contributed by atoms with Gasteiger partial charge in [-0.1, -0.05) is 12.1 Å². The topological polar surface area (TPSA) is 106 Å². The first kappa shape index (κ1) is 15.2. The van der Waals surface area contributed by atoms with Crippen molar-refractivity contribution in [3.8, 4) is 5.75 Å². The lowest BCUT2D eigenvalue weighted by atomic mass is 10.1. The average Bonchev–Trinajstić information content (AvgIpc) is 2.54. The summed E-state index contributed by atoms with van der Waals surface area (Å²) in [5.74, 6) is 0.774. The van der Waals surface area contributed by atoms with E-state index < -0.39 is 4.92 Å². The Balaban J connectivity index is 1.85. The number of benzene rings is 1. The minimum atomic E-state index is -0.543. The second-order valence-corrected chi connectivity index (χ2v) is 4.36. The van der Waals surface area contributed by atoms with Crippen molar-refractivity contribution < 1.29 is 14.5 Å². The van der Waals surface area contributed by atoms with Crippen molar-refractivity contribution in [3.63, 3.8) is 0 Å². The van der Waals surface area contributed by atoms with Crippen LogP contribution in [0.2, 0.25) is 0 Å². The zero-order chi connectivity index (χ0) is 15.9. The number of aromatic nitrogens is 1. The molecule has 22 heavy (non-hydrogen) atoms. The van der Waals surface area contributed by atoms with Crippen LogP contribution in [0.1, 0.15) is 5.56 Å². The van der Waals surface area contributed by atoms with Gasteiger partial charge in [-0.25, -0.2) is 4.98 Å². The molecule has 114 valence electrons. The lowest BCUT2D eigenvalue weighted by Crippen LogP contribution is -2.31. The third-order valence-electron chi connectivity index (χ3n) is 2.81. The van der Waals surface area contributed by atoms with Crippen LogP contribution in [0, 0.1) is 10.1 Å². The number of nitrogens with one attached hydrogen (secondary N) is 2. The van der Waals surface area contributed by atoms with Crippen molar-refractivity contribution in [2.45, 2.75) is 6.42 Å². The Hall–Kier alpha value is -3.16. The van der Waals surface area contributed by atoms with Crippen molar-refractivity contribution in [3.05, 3.63) is 58.3 Å². The molecule has 8 nitrogen and oxygen atoms in total. The molecule has 2 aromatic rings. The second-order valence-electron chi connectivity index (χ2n) is 4.36. The molecule has 0 atom stereocenters. The standard InChI is InChI=1S/C14H14N4O4/c1-22-12-5-2-10(3-6-12)8-14(19)17-16-13-7-4-11(9-15-13)18(20)21/h2-7,9H,8H2,1H3,(H,15,16)(H,17,19). The van der Waals surface area contributed by atoms with Crippen LogP contribution in [0.3, 0.4) is 0 Å². The third kappa shape index (κ3) is 4.17. The Kier molecular flexibility index (Phi) is 4.86. The number of carbonyl (C=O) groups excluding carboxylic acids is 1. The molecule has 0 bridgehead atoms. The summed E-state index contributed by atoms with van der Waals surface area (Å²) in [5, 5.41) is 10.5. The first-order chi connectivity index (χ1) is 10.6. The van der Waals surface area contributed by atoms with Crippen molar-refractivity contribution in [2.24, 2.45) is 0 Å². The van der Waals surface area contributed by atoms with E-state index in [1.807, 2.05) is 0 Å². The summed E-state index contributed by atoms with van der Waals surface area (Å²) in [6, 6.07) is 9.84. The van der Waals surface area contributed by atoms with Gasteiger partial charge in [-0.2, -0.15) is 0 Å². The van der Waals surface area contributed by atoms with E-state index >= 15 is 0 Å². The minimum Gasteiger partial charge on any atom is -0.497 e. The van der Waals surface area contributed by atoms with Gasteiger partial charge in [0.05, 0.1) is 18.5 Å². The number of carbonyl (C=O) groups is 1. The maximum atomic E-state index is 11.8. The average molecular weight is 302 g/mol. The number of hydrogen-bond donors (Lipinski definition) is 2. The van der Waals surface area contributed by atoms with E-state index in [1.54, 1.807) is 31.4 Å². The molecule has 0 spiro atoms. The van der Waals surface area contributed by atoms with Gasteiger partial charge in [0.2, 0.25) is 5.91 Å². The van der Waals surface area contributed by atoms with Gasteiger partial charge in [0.25, 0.3) is 5.69 Å². The van der Waals surface area contributed by atoms with Crippen LogP contribution in [-0.4, -0.2) is 22.9 Å². The van der Waals surface area contributed by atoms with Gasteiger partial charge in [0.15, 0.2) is 0 Å². The lowest BCUT2D eigenvalue weighted by Gasteiger charge is -2.08. The van der Waals surface area contributed by atoms with E-state index in [2.05, 4.69) is 15.8 Å². The van der Waals surface area contributed by atoms with Crippen LogP contribution in [-0.2, 0) is 11.2 Å². The number of nitro groups is 1. The molecule has 0 fully saturated rings. The number of amides is 1. The first-order valence-corrected chi connectivity index (χ1v) is 6.36. The lowest BCUT2D eigenvalue weighted by molar-refractivity contribution is -0.385. The van der Waals surface area contributed by atoms with E-state index in [4.69, 9.17) is 4.74 Å². The van der Waals surface area contributed by atoms with Crippen molar-refractivity contribution >= 4 is 17.4 Å². The maximum Gasteiger partial charge on any atom is 0.287 e. The number of hydrazine groups is 1. The summed E-state index contributed by atoms with van der Waals surface area (Å²) >= 11 is 0. The Morgan fingerprint density at radius 2 is 2.00 bits per heavy atom. The molecule has 0 aliphatic heterocycles. The molecule has 0 unspecified atom stereocenters. The van der Waals surface area contributed by atoms with Gasteiger partial charge in [-0.15, -0.1) is 0 Å². The second kappa shape index (κ2) is 7.02. The Bertz CT molecular complexity index is 656. The minimum absolute atomic E-state index is 0.116. The molecule has 1 aromatic carbocycles. The quantitative estimate of drug-likeness (QED) is 0.621. The first-order valence-electron chi connectivity index (χ1n) is 6.36. The van der Waals surface area contributed by atoms with Crippen LogP contribution in [0.25, 0.3) is 0 Å². The number of methoxy groups -OCH3 is 1.